The summed E-state index contributed by atoms with van der Waals surface area (Å²) in [7, 11) is 0. The van der Waals surface area contributed by atoms with Crippen LogP contribution in [0, 0.1) is 0 Å². The molecular formula is C10H16N4O. The van der Waals surface area contributed by atoms with Crippen LogP contribution < -0.4 is 5.32 Å². The molecule has 0 bridgehead atoms. The molecule has 2 heterocycles. The number of carbonyl (C=O) groups is 1. The van der Waals surface area contributed by atoms with Crippen molar-refractivity contribution in [3.05, 3.63) is 11.9 Å². The lowest BCUT2D eigenvalue weighted by Crippen LogP contribution is -2.32. The Hall–Kier alpha value is -1.23. The molecule has 1 saturated heterocycles. The van der Waals surface area contributed by atoms with Crippen LogP contribution in [0.5, 0.6) is 0 Å². The van der Waals surface area contributed by atoms with Gasteiger partial charge in [-0.15, -0.1) is 5.10 Å². The lowest BCUT2D eigenvalue weighted by molar-refractivity contribution is 0.0939. The molecule has 1 atom stereocenters. The van der Waals surface area contributed by atoms with Crippen LogP contribution >= 0.6 is 0 Å². The Bertz CT molecular complexity index is 352. The fraction of sp³-hybridized carbons (Fsp3) is 0.700. The summed E-state index contributed by atoms with van der Waals surface area (Å²) in [6.45, 7) is 4.92. The van der Waals surface area contributed by atoms with Gasteiger partial charge in [-0.3, -0.25) is 4.79 Å². The fourth-order valence-electron chi connectivity index (χ4n) is 1.89. The Morgan fingerprint density at radius 1 is 1.67 bits per heavy atom. The van der Waals surface area contributed by atoms with E-state index in [0.717, 1.165) is 19.4 Å². The first-order valence-electron chi connectivity index (χ1n) is 5.38. The van der Waals surface area contributed by atoms with Gasteiger partial charge >= 0.3 is 0 Å². The second-order valence-corrected chi connectivity index (χ2v) is 4.17. The van der Waals surface area contributed by atoms with Gasteiger partial charge in [0.15, 0.2) is 5.78 Å². The number of ketones is 1. The highest BCUT2D eigenvalue weighted by Crippen LogP contribution is 2.14. The Labute approximate surface area is 88.9 Å². The van der Waals surface area contributed by atoms with Crippen molar-refractivity contribution in [1.29, 1.82) is 0 Å². The zero-order chi connectivity index (χ0) is 10.8. The van der Waals surface area contributed by atoms with E-state index in [4.69, 9.17) is 0 Å². The minimum Gasteiger partial charge on any atom is -0.307 e. The first-order valence-corrected chi connectivity index (χ1v) is 5.38. The summed E-state index contributed by atoms with van der Waals surface area (Å²) < 4.78 is 1.68. The molecule has 2 rings (SSSR count). The Balaban J connectivity index is 2.20. The summed E-state index contributed by atoms with van der Waals surface area (Å²) >= 11 is 0. The van der Waals surface area contributed by atoms with E-state index in [0.29, 0.717) is 5.69 Å². The van der Waals surface area contributed by atoms with Crippen molar-refractivity contribution >= 4 is 5.78 Å². The van der Waals surface area contributed by atoms with Crippen LogP contribution in [-0.2, 0) is 0 Å². The normalized spacial score (nSPS) is 21.1. The fourth-order valence-corrected chi connectivity index (χ4v) is 1.89. The lowest BCUT2D eigenvalue weighted by Gasteiger charge is -2.12. The van der Waals surface area contributed by atoms with E-state index >= 15 is 0 Å². The number of nitrogens with zero attached hydrogens (tertiary/aromatic N) is 3. The SMILES string of the molecule is CC(C)n1nncc1C(=O)C1CCCN1. The van der Waals surface area contributed by atoms with Crippen molar-refractivity contribution in [2.45, 2.75) is 38.8 Å². The Morgan fingerprint density at radius 2 is 2.47 bits per heavy atom. The number of hydrogen-bond acceptors (Lipinski definition) is 4. The highest BCUT2D eigenvalue weighted by molar-refractivity contribution is 5.98. The molecule has 0 saturated carbocycles. The van der Waals surface area contributed by atoms with Gasteiger partial charge in [0.2, 0.25) is 0 Å². The van der Waals surface area contributed by atoms with Gasteiger partial charge in [0.25, 0.3) is 0 Å². The van der Waals surface area contributed by atoms with Gasteiger partial charge in [0.1, 0.15) is 5.69 Å². The van der Waals surface area contributed by atoms with Gasteiger partial charge in [-0.25, -0.2) is 4.68 Å². The molecule has 0 aromatic carbocycles. The molecule has 0 spiro atoms. The third-order valence-corrected chi connectivity index (χ3v) is 2.69. The highest BCUT2D eigenvalue weighted by Gasteiger charge is 2.26. The van der Waals surface area contributed by atoms with E-state index in [1.54, 1.807) is 10.9 Å². The van der Waals surface area contributed by atoms with E-state index in [1.165, 1.54) is 0 Å². The minimum atomic E-state index is -0.0407. The molecule has 82 valence electrons. The zero-order valence-corrected chi connectivity index (χ0v) is 9.10. The van der Waals surface area contributed by atoms with Crippen LogP contribution in [0.25, 0.3) is 0 Å². The summed E-state index contributed by atoms with van der Waals surface area (Å²) in [6, 6.07) is 0.133. The first-order chi connectivity index (χ1) is 7.20. The summed E-state index contributed by atoms with van der Waals surface area (Å²) in [4.78, 5) is 12.1. The topological polar surface area (TPSA) is 59.8 Å². The van der Waals surface area contributed by atoms with Crippen LogP contribution in [-0.4, -0.2) is 33.4 Å². The van der Waals surface area contributed by atoms with E-state index < -0.39 is 0 Å². The molecule has 0 radical (unpaired) electrons. The number of aromatic nitrogens is 3. The molecule has 1 aromatic rings. The molecule has 0 aliphatic carbocycles. The third kappa shape index (κ3) is 1.92. The summed E-state index contributed by atoms with van der Waals surface area (Å²) in [5.74, 6) is 0.117. The summed E-state index contributed by atoms with van der Waals surface area (Å²) in [5, 5.41) is 10.9. The smallest absolute Gasteiger partial charge is 0.199 e. The van der Waals surface area contributed by atoms with Gasteiger partial charge in [0, 0.05) is 6.04 Å². The third-order valence-electron chi connectivity index (χ3n) is 2.69. The van der Waals surface area contributed by atoms with E-state index in [-0.39, 0.29) is 17.9 Å². The maximum absolute atomic E-state index is 12.1. The average Bonchev–Trinajstić information content (AvgIpc) is 2.88. The van der Waals surface area contributed by atoms with Gasteiger partial charge < -0.3 is 5.32 Å². The van der Waals surface area contributed by atoms with Gasteiger partial charge in [-0.1, -0.05) is 5.21 Å². The van der Waals surface area contributed by atoms with Crippen molar-refractivity contribution in [3.8, 4) is 0 Å². The van der Waals surface area contributed by atoms with Crippen LogP contribution in [0.3, 0.4) is 0 Å². The summed E-state index contributed by atoms with van der Waals surface area (Å²) in [6.07, 6.45) is 3.55. The monoisotopic (exact) mass is 208 g/mol. The zero-order valence-electron chi connectivity index (χ0n) is 9.10. The Kier molecular flexibility index (Phi) is 2.81. The minimum absolute atomic E-state index is 0.0407. The van der Waals surface area contributed by atoms with Gasteiger partial charge in [-0.2, -0.15) is 0 Å². The van der Waals surface area contributed by atoms with Crippen LogP contribution in [0.4, 0.5) is 0 Å². The molecule has 1 aromatic heterocycles. The molecule has 1 unspecified atom stereocenters. The van der Waals surface area contributed by atoms with E-state index in [1.807, 2.05) is 13.8 Å². The quantitative estimate of drug-likeness (QED) is 0.746. The molecular weight excluding hydrogens is 192 g/mol. The van der Waals surface area contributed by atoms with E-state index in [2.05, 4.69) is 15.6 Å². The predicted octanol–water partition coefficient (Wildman–Crippen LogP) is 0.794. The average molecular weight is 208 g/mol. The molecule has 1 N–H and O–H groups in total. The number of Topliss-reactive ketones (excluding diaryl/α,β-unsaturated/α-hetero) is 1. The standard InChI is InChI=1S/C10H16N4O/c1-7(2)14-9(6-12-13-14)10(15)8-4-3-5-11-8/h6-8,11H,3-5H2,1-2H3. The number of hydrogen-bond donors (Lipinski definition) is 1. The maximum Gasteiger partial charge on any atom is 0.199 e. The Morgan fingerprint density at radius 3 is 3.07 bits per heavy atom. The highest BCUT2D eigenvalue weighted by atomic mass is 16.1. The number of rotatable bonds is 3. The first kappa shape index (κ1) is 10.3. The van der Waals surface area contributed by atoms with E-state index in [9.17, 15) is 4.79 Å². The molecule has 5 heteroatoms. The van der Waals surface area contributed by atoms with Crippen LogP contribution in [0.15, 0.2) is 6.20 Å². The van der Waals surface area contributed by atoms with Crippen LogP contribution in [0.2, 0.25) is 0 Å². The second kappa shape index (κ2) is 4.10. The van der Waals surface area contributed by atoms with Crippen molar-refractivity contribution < 1.29 is 4.79 Å². The molecule has 15 heavy (non-hydrogen) atoms. The van der Waals surface area contributed by atoms with Crippen molar-refractivity contribution in [2.24, 2.45) is 0 Å². The van der Waals surface area contributed by atoms with Crippen molar-refractivity contribution in [2.75, 3.05) is 6.54 Å². The molecule has 0 amide bonds. The van der Waals surface area contributed by atoms with Crippen molar-refractivity contribution in [1.82, 2.24) is 20.3 Å². The van der Waals surface area contributed by atoms with Crippen molar-refractivity contribution in [3.63, 3.8) is 0 Å². The van der Waals surface area contributed by atoms with Gasteiger partial charge in [-0.05, 0) is 33.2 Å². The predicted molar refractivity (Wildman–Crippen MR) is 55.8 cm³/mol. The number of nitrogens with one attached hydrogen (secondary N) is 1. The van der Waals surface area contributed by atoms with Crippen LogP contribution in [0.1, 0.15) is 43.2 Å². The molecule has 5 nitrogen and oxygen atoms in total. The van der Waals surface area contributed by atoms with Gasteiger partial charge in [0.05, 0.1) is 12.2 Å². The largest absolute Gasteiger partial charge is 0.307 e. The second-order valence-electron chi connectivity index (χ2n) is 4.17. The maximum atomic E-state index is 12.1. The molecule has 1 fully saturated rings. The molecule has 1 aliphatic rings. The molecule has 1 aliphatic heterocycles. The summed E-state index contributed by atoms with van der Waals surface area (Å²) in [5.41, 5.74) is 0.615. The lowest BCUT2D eigenvalue weighted by atomic mass is 10.1. The number of carbonyl (C=O) groups excluding carboxylic acids is 1.